The van der Waals surface area contributed by atoms with Gasteiger partial charge >= 0.3 is 20.7 Å². The predicted molar refractivity (Wildman–Crippen MR) is 45.4 cm³/mol. The van der Waals surface area contributed by atoms with Crippen molar-refractivity contribution in [3.05, 3.63) is 24.3 Å². The van der Waals surface area contributed by atoms with E-state index in [4.69, 9.17) is 0 Å². The fraction of sp³-hybridized carbons (Fsp3) is 0. The molecule has 0 radical (unpaired) electrons. The molecule has 0 atom stereocenters. The second-order valence-corrected chi connectivity index (χ2v) is 4.69. The average Bonchev–Trinajstić information content (AvgIpc) is 2.00. The first kappa shape index (κ1) is 11.9. The molecule has 84 valence electrons. The van der Waals surface area contributed by atoms with Gasteiger partial charge in [-0.1, -0.05) is 3.89 Å². The van der Waals surface area contributed by atoms with Crippen LogP contribution in [0.5, 0.6) is 5.75 Å². The zero-order valence-corrected chi connectivity index (χ0v) is 8.56. The van der Waals surface area contributed by atoms with E-state index in [1.165, 1.54) is 0 Å². The van der Waals surface area contributed by atoms with E-state index in [1.54, 1.807) is 0 Å². The van der Waals surface area contributed by atoms with Crippen LogP contribution in [0.2, 0.25) is 0 Å². The Hall–Kier alpha value is -1.22. The molecule has 0 fully saturated rings. The molecule has 0 aromatic heterocycles. The maximum atomic E-state index is 12.3. The molecule has 0 heterocycles. The minimum atomic E-state index is -5.17. The summed E-state index contributed by atoms with van der Waals surface area (Å²) in [4.78, 5) is -0.675. The van der Waals surface area contributed by atoms with Crippen molar-refractivity contribution in [3.63, 3.8) is 0 Å². The highest BCUT2D eigenvalue weighted by molar-refractivity contribution is 7.86. The summed E-state index contributed by atoms with van der Waals surface area (Å²) in [5.74, 6) is -0.454. The van der Waals surface area contributed by atoms with Crippen molar-refractivity contribution >= 4 is 20.7 Å². The van der Waals surface area contributed by atoms with Gasteiger partial charge in [-0.25, -0.2) is 0 Å². The van der Waals surface area contributed by atoms with Crippen molar-refractivity contribution in [3.8, 4) is 5.75 Å². The van der Waals surface area contributed by atoms with E-state index in [-0.39, 0.29) is 0 Å². The monoisotopic (exact) mass is 258 g/mol. The molecule has 0 amide bonds. The molecule has 0 unspecified atom stereocenters. The third-order valence-electron chi connectivity index (χ3n) is 1.30. The molecule has 0 aliphatic carbocycles. The first-order chi connectivity index (χ1) is 6.68. The highest BCUT2D eigenvalue weighted by Crippen LogP contribution is 2.18. The summed E-state index contributed by atoms with van der Waals surface area (Å²) in [5.41, 5.74) is 0. The van der Waals surface area contributed by atoms with Gasteiger partial charge in [-0.2, -0.15) is 16.8 Å². The molecule has 1 aromatic rings. The van der Waals surface area contributed by atoms with Gasteiger partial charge in [0.05, 0.1) is 4.90 Å². The summed E-state index contributed by atoms with van der Waals surface area (Å²) in [6.45, 7) is 0. The summed E-state index contributed by atoms with van der Waals surface area (Å²) in [6, 6.07) is 3.11. The molecule has 0 saturated carbocycles. The second-order valence-electron chi connectivity index (χ2n) is 2.39. The van der Waals surface area contributed by atoms with Crippen LogP contribution in [0.15, 0.2) is 29.2 Å². The number of hydrogen-bond donors (Lipinski definition) is 0. The van der Waals surface area contributed by atoms with E-state index in [9.17, 15) is 24.6 Å². The Bertz CT molecular complexity index is 546. The lowest BCUT2D eigenvalue weighted by molar-refractivity contribution is 0.440. The van der Waals surface area contributed by atoms with Crippen LogP contribution in [-0.2, 0) is 20.7 Å². The molecule has 15 heavy (non-hydrogen) atoms. The van der Waals surface area contributed by atoms with Crippen LogP contribution in [0.3, 0.4) is 0 Å². The highest BCUT2D eigenvalue weighted by atomic mass is 32.3. The quantitative estimate of drug-likeness (QED) is 0.754. The van der Waals surface area contributed by atoms with E-state index in [0.717, 1.165) is 24.3 Å². The van der Waals surface area contributed by atoms with Gasteiger partial charge in [0, 0.05) is 0 Å². The molecular formula is C6H4F2O5S2. The Morgan fingerprint density at radius 1 is 0.933 bits per heavy atom. The molecule has 0 bridgehead atoms. The van der Waals surface area contributed by atoms with E-state index in [0.29, 0.717) is 0 Å². The maximum Gasteiger partial charge on any atom is 0.488 e. The van der Waals surface area contributed by atoms with Crippen LogP contribution >= 0.6 is 0 Å². The Labute approximate surface area is 84.9 Å². The second kappa shape index (κ2) is 3.74. The molecule has 0 aliphatic rings. The molecule has 1 rings (SSSR count). The Balaban J connectivity index is 3.02. The maximum absolute atomic E-state index is 12.3. The lowest BCUT2D eigenvalue weighted by Gasteiger charge is -1.99. The first-order valence-corrected chi connectivity index (χ1v) is 6.06. The van der Waals surface area contributed by atoms with Crippen molar-refractivity contribution in [2.24, 2.45) is 0 Å². The number of benzene rings is 1. The van der Waals surface area contributed by atoms with Gasteiger partial charge in [-0.05, 0) is 24.3 Å². The largest absolute Gasteiger partial charge is 0.488 e. The third kappa shape index (κ3) is 3.80. The zero-order valence-electron chi connectivity index (χ0n) is 6.92. The minimum Gasteiger partial charge on any atom is -0.358 e. The van der Waals surface area contributed by atoms with E-state index >= 15 is 0 Å². The SMILES string of the molecule is O=S(=O)(F)Oc1ccc(S(=O)(=O)F)cc1. The molecule has 5 nitrogen and oxygen atoms in total. The van der Waals surface area contributed by atoms with Crippen molar-refractivity contribution < 1.29 is 28.8 Å². The summed E-state index contributed by atoms with van der Waals surface area (Å²) < 4.78 is 68.7. The Kier molecular flexibility index (Phi) is 2.95. The molecule has 0 N–H and O–H groups in total. The summed E-state index contributed by atoms with van der Waals surface area (Å²) in [7, 11) is -10.0. The van der Waals surface area contributed by atoms with Gasteiger partial charge in [0.2, 0.25) is 0 Å². The van der Waals surface area contributed by atoms with Crippen LogP contribution in [0, 0.1) is 0 Å². The lowest BCUT2D eigenvalue weighted by atomic mass is 10.3. The van der Waals surface area contributed by atoms with Gasteiger partial charge in [0.1, 0.15) is 5.75 Å². The van der Waals surface area contributed by atoms with Gasteiger partial charge < -0.3 is 4.18 Å². The number of halogens is 2. The molecule has 0 aliphatic heterocycles. The average molecular weight is 258 g/mol. The molecular weight excluding hydrogens is 254 g/mol. The summed E-state index contributed by atoms with van der Waals surface area (Å²) >= 11 is 0. The van der Waals surface area contributed by atoms with Crippen LogP contribution in [0.4, 0.5) is 7.77 Å². The number of hydrogen-bond acceptors (Lipinski definition) is 5. The van der Waals surface area contributed by atoms with Crippen molar-refractivity contribution in [1.82, 2.24) is 0 Å². The van der Waals surface area contributed by atoms with Crippen LogP contribution < -0.4 is 4.18 Å². The van der Waals surface area contributed by atoms with E-state index < -0.39 is 31.4 Å². The standard InChI is InChI=1S/C6H4F2O5S2/c7-14(9,10)6-3-1-5(2-4-6)13-15(8,11)12/h1-4H. The number of rotatable bonds is 3. The topological polar surface area (TPSA) is 77.5 Å². The van der Waals surface area contributed by atoms with Gasteiger partial charge in [-0.3, -0.25) is 0 Å². The first-order valence-electron chi connectivity index (χ1n) is 3.37. The smallest absolute Gasteiger partial charge is 0.358 e. The van der Waals surface area contributed by atoms with E-state index in [1.807, 2.05) is 0 Å². The molecule has 1 aromatic carbocycles. The molecule has 0 saturated heterocycles. The van der Waals surface area contributed by atoms with Crippen LogP contribution in [0.25, 0.3) is 0 Å². The van der Waals surface area contributed by atoms with Gasteiger partial charge in [0.25, 0.3) is 0 Å². The van der Waals surface area contributed by atoms with Gasteiger partial charge in [0.15, 0.2) is 0 Å². The molecule has 9 heteroatoms. The minimum absolute atomic E-state index is 0.454. The van der Waals surface area contributed by atoms with Crippen molar-refractivity contribution in [2.45, 2.75) is 4.90 Å². The summed E-state index contributed by atoms with van der Waals surface area (Å²) in [5, 5.41) is 0. The lowest BCUT2D eigenvalue weighted by Crippen LogP contribution is -2.01. The van der Waals surface area contributed by atoms with Crippen LogP contribution in [0.1, 0.15) is 0 Å². The van der Waals surface area contributed by atoms with Crippen molar-refractivity contribution in [1.29, 1.82) is 0 Å². The zero-order chi connectivity index (χ0) is 11.7. The fourth-order valence-electron chi connectivity index (χ4n) is 0.773. The third-order valence-corrected chi connectivity index (χ3v) is 2.53. The predicted octanol–water partition coefficient (Wildman–Crippen LogP) is 0.938. The highest BCUT2D eigenvalue weighted by Gasteiger charge is 2.13. The van der Waals surface area contributed by atoms with E-state index in [2.05, 4.69) is 4.18 Å². The Morgan fingerprint density at radius 2 is 1.40 bits per heavy atom. The Morgan fingerprint density at radius 3 is 1.73 bits per heavy atom. The normalized spacial score (nSPS) is 12.4. The summed E-state index contributed by atoms with van der Waals surface area (Å²) in [6.07, 6.45) is 0. The van der Waals surface area contributed by atoms with Crippen molar-refractivity contribution in [2.75, 3.05) is 0 Å². The van der Waals surface area contributed by atoms with Crippen LogP contribution in [-0.4, -0.2) is 16.8 Å². The molecule has 0 spiro atoms. The fourth-order valence-corrected chi connectivity index (χ4v) is 1.57. The van der Waals surface area contributed by atoms with Gasteiger partial charge in [-0.15, -0.1) is 3.89 Å².